The van der Waals surface area contributed by atoms with Gasteiger partial charge < -0.3 is 5.32 Å². The quantitative estimate of drug-likeness (QED) is 0.862. The summed E-state index contributed by atoms with van der Waals surface area (Å²) in [7, 11) is 1.84. The number of halogens is 3. The molecular formula is C16H16BrF2N. The number of rotatable bonds is 4. The molecule has 20 heavy (non-hydrogen) atoms. The van der Waals surface area contributed by atoms with Crippen molar-refractivity contribution in [3.8, 4) is 0 Å². The zero-order chi connectivity index (χ0) is 14.7. The Balaban J connectivity index is 2.28. The second kappa shape index (κ2) is 6.46. The summed E-state index contributed by atoms with van der Waals surface area (Å²) in [5.41, 5.74) is 2.86. The molecule has 0 amide bonds. The van der Waals surface area contributed by atoms with E-state index in [4.69, 9.17) is 0 Å². The van der Waals surface area contributed by atoms with Crippen molar-refractivity contribution in [2.75, 3.05) is 7.05 Å². The highest BCUT2D eigenvalue weighted by Crippen LogP contribution is 2.24. The van der Waals surface area contributed by atoms with E-state index in [1.807, 2.05) is 26.1 Å². The Hall–Kier alpha value is -1.26. The SMILES string of the molecule is CNC(Cc1cc(F)cc(F)c1)c1cc(C)cc(Br)c1. The highest BCUT2D eigenvalue weighted by molar-refractivity contribution is 9.10. The van der Waals surface area contributed by atoms with Crippen molar-refractivity contribution in [2.45, 2.75) is 19.4 Å². The van der Waals surface area contributed by atoms with E-state index in [1.165, 1.54) is 12.1 Å². The smallest absolute Gasteiger partial charge is 0.126 e. The Kier molecular flexibility index (Phi) is 4.89. The molecule has 0 aliphatic rings. The molecule has 2 aromatic carbocycles. The lowest BCUT2D eigenvalue weighted by atomic mass is 9.97. The minimum Gasteiger partial charge on any atom is -0.313 e. The average molecular weight is 340 g/mol. The van der Waals surface area contributed by atoms with Gasteiger partial charge in [-0.3, -0.25) is 0 Å². The molecule has 0 fully saturated rings. The van der Waals surface area contributed by atoms with E-state index in [-0.39, 0.29) is 6.04 Å². The van der Waals surface area contributed by atoms with E-state index >= 15 is 0 Å². The third-order valence-corrected chi connectivity index (χ3v) is 3.64. The number of aryl methyl sites for hydroxylation is 1. The van der Waals surface area contributed by atoms with Gasteiger partial charge in [-0.25, -0.2) is 8.78 Å². The molecule has 1 unspecified atom stereocenters. The van der Waals surface area contributed by atoms with Crippen molar-refractivity contribution in [1.29, 1.82) is 0 Å². The minimum atomic E-state index is -0.541. The fourth-order valence-electron chi connectivity index (χ4n) is 2.32. The van der Waals surface area contributed by atoms with Gasteiger partial charge in [-0.15, -0.1) is 0 Å². The van der Waals surface area contributed by atoms with E-state index < -0.39 is 11.6 Å². The Morgan fingerprint density at radius 1 is 1.05 bits per heavy atom. The zero-order valence-electron chi connectivity index (χ0n) is 11.4. The van der Waals surface area contributed by atoms with Crippen molar-refractivity contribution in [3.05, 3.63) is 69.2 Å². The van der Waals surface area contributed by atoms with Crippen molar-refractivity contribution < 1.29 is 8.78 Å². The van der Waals surface area contributed by atoms with Gasteiger partial charge >= 0.3 is 0 Å². The number of likely N-dealkylation sites (N-methyl/N-ethyl adjacent to an activating group) is 1. The maximum Gasteiger partial charge on any atom is 0.126 e. The third-order valence-electron chi connectivity index (χ3n) is 3.18. The van der Waals surface area contributed by atoms with Crippen LogP contribution in [0, 0.1) is 18.6 Å². The fourth-order valence-corrected chi connectivity index (χ4v) is 2.94. The van der Waals surface area contributed by atoms with Gasteiger partial charge in [0.05, 0.1) is 0 Å². The summed E-state index contributed by atoms with van der Waals surface area (Å²) in [6.07, 6.45) is 0.529. The summed E-state index contributed by atoms with van der Waals surface area (Å²) in [4.78, 5) is 0. The maximum absolute atomic E-state index is 13.2. The van der Waals surface area contributed by atoms with Crippen LogP contribution in [0.25, 0.3) is 0 Å². The first-order valence-corrected chi connectivity index (χ1v) is 7.16. The van der Waals surface area contributed by atoms with E-state index in [0.29, 0.717) is 12.0 Å². The van der Waals surface area contributed by atoms with E-state index in [9.17, 15) is 8.78 Å². The van der Waals surface area contributed by atoms with Crippen LogP contribution >= 0.6 is 15.9 Å². The predicted octanol–water partition coefficient (Wildman–Crippen LogP) is 4.54. The highest BCUT2D eigenvalue weighted by atomic mass is 79.9. The highest BCUT2D eigenvalue weighted by Gasteiger charge is 2.12. The molecule has 0 radical (unpaired) electrons. The van der Waals surface area contributed by atoms with Crippen LogP contribution in [0.1, 0.15) is 22.7 Å². The summed E-state index contributed by atoms with van der Waals surface area (Å²) < 4.78 is 27.5. The number of hydrogen-bond acceptors (Lipinski definition) is 1. The van der Waals surface area contributed by atoms with E-state index in [0.717, 1.165) is 21.7 Å². The van der Waals surface area contributed by atoms with Gasteiger partial charge in [0.15, 0.2) is 0 Å². The van der Waals surface area contributed by atoms with Gasteiger partial charge in [0, 0.05) is 16.6 Å². The molecule has 0 spiro atoms. The molecule has 0 saturated carbocycles. The van der Waals surface area contributed by atoms with Gasteiger partial charge in [-0.05, 0) is 61.3 Å². The van der Waals surface area contributed by atoms with Crippen LogP contribution in [0.4, 0.5) is 8.78 Å². The Morgan fingerprint density at radius 3 is 2.25 bits per heavy atom. The average Bonchev–Trinajstić information content (AvgIpc) is 2.33. The zero-order valence-corrected chi connectivity index (χ0v) is 13.0. The van der Waals surface area contributed by atoms with Crippen molar-refractivity contribution in [1.82, 2.24) is 5.32 Å². The molecule has 1 atom stereocenters. The molecule has 0 heterocycles. The molecule has 0 bridgehead atoms. The Labute approximate surface area is 126 Å². The van der Waals surface area contributed by atoms with Gasteiger partial charge in [-0.2, -0.15) is 0 Å². The first-order chi connectivity index (χ1) is 9.47. The Bertz CT molecular complexity index is 573. The van der Waals surface area contributed by atoms with Crippen LogP contribution in [-0.4, -0.2) is 7.05 Å². The van der Waals surface area contributed by atoms with Crippen molar-refractivity contribution in [3.63, 3.8) is 0 Å². The third kappa shape index (κ3) is 3.87. The van der Waals surface area contributed by atoms with E-state index in [1.54, 1.807) is 0 Å². The lowest BCUT2D eigenvalue weighted by Gasteiger charge is -2.18. The van der Waals surface area contributed by atoms with Crippen LogP contribution in [-0.2, 0) is 6.42 Å². The molecule has 4 heteroatoms. The fraction of sp³-hybridized carbons (Fsp3) is 0.250. The second-order valence-electron chi connectivity index (χ2n) is 4.88. The first-order valence-electron chi connectivity index (χ1n) is 6.37. The molecule has 0 aliphatic carbocycles. The molecule has 0 saturated heterocycles. The summed E-state index contributed by atoms with van der Waals surface area (Å²) >= 11 is 3.47. The van der Waals surface area contributed by atoms with Crippen LogP contribution in [0.5, 0.6) is 0 Å². The van der Waals surface area contributed by atoms with Crippen molar-refractivity contribution in [2.24, 2.45) is 0 Å². The molecule has 1 nitrogen and oxygen atoms in total. The summed E-state index contributed by atoms with van der Waals surface area (Å²) in [5, 5.41) is 3.19. The summed E-state index contributed by atoms with van der Waals surface area (Å²) in [5.74, 6) is -1.08. The first kappa shape index (κ1) is 15.1. The van der Waals surface area contributed by atoms with Crippen LogP contribution in [0.3, 0.4) is 0 Å². The molecule has 1 N–H and O–H groups in total. The molecule has 106 valence electrons. The maximum atomic E-state index is 13.2. The lowest BCUT2D eigenvalue weighted by Crippen LogP contribution is -2.19. The van der Waals surface area contributed by atoms with Crippen molar-refractivity contribution >= 4 is 15.9 Å². The minimum absolute atomic E-state index is 0.00685. The molecular weight excluding hydrogens is 324 g/mol. The standard InChI is InChI=1S/C16H16BrF2N/c1-10-3-12(8-13(17)4-10)16(20-2)7-11-5-14(18)9-15(19)6-11/h3-6,8-9,16,20H,7H2,1-2H3. The molecule has 0 aliphatic heterocycles. The van der Waals surface area contributed by atoms with Crippen LogP contribution in [0.2, 0.25) is 0 Å². The number of nitrogens with one attached hydrogen (secondary N) is 1. The monoisotopic (exact) mass is 339 g/mol. The molecule has 0 aromatic heterocycles. The summed E-state index contributed by atoms with van der Waals surface area (Å²) in [6.45, 7) is 2.02. The molecule has 2 aromatic rings. The summed E-state index contributed by atoms with van der Waals surface area (Å²) in [6, 6.07) is 9.76. The second-order valence-corrected chi connectivity index (χ2v) is 5.80. The van der Waals surface area contributed by atoms with Crippen LogP contribution < -0.4 is 5.32 Å². The largest absolute Gasteiger partial charge is 0.313 e. The predicted molar refractivity (Wildman–Crippen MR) is 80.7 cm³/mol. The van der Waals surface area contributed by atoms with Gasteiger partial charge in [0.25, 0.3) is 0 Å². The van der Waals surface area contributed by atoms with E-state index in [2.05, 4.69) is 27.3 Å². The van der Waals surface area contributed by atoms with Gasteiger partial charge in [0.1, 0.15) is 11.6 Å². The number of benzene rings is 2. The lowest BCUT2D eigenvalue weighted by molar-refractivity contribution is 0.562. The van der Waals surface area contributed by atoms with Gasteiger partial charge in [-0.1, -0.05) is 22.0 Å². The number of hydrogen-bond donors (Lipinski definition) is 1. The normalized spacial score (nSPS) is 12.4. The van der Waals surface area contributed by atoms with Gasteiger partial charge in [0.2, 0.25) is 0 Å². The topological polar surface area (TPSA) is 12.0 Å². The Morgan fingerprint density at radius 2 is 1.70 bits per heavy atom. The van der Waals surface area contributed by atoms with Crippen LogP contribution in [0.15, 0.2) is 40.9 Å². The molecule has 2 rings (SSSR count).